The number of nitrogens with zero attached hydrogens (tertiary/aromatic N) is 5. The van der Waals surface area contributed by atoms with E-state index in [0.29, 0.717) is 16.7 Å². The summed E-state index contributed by atoms with van der Waals surface area (Å²) in [6.45, 7) is 4.40. The van der Waals surface area contributed by atoms with Crippen molar-refractivity contribution in [2.45, 2.75) is 54.5 Å². The molecule has 29 heavy (non-hydrogen) atoms. The van der Waals surface area contributed by atoms with Crippen LogP contribution in [0.25, 0.3) is 0 Å². The lowest BCUT2D eigenvalue weighted by Crippen LogP contribution is -2.34. The topological polar surface area (TPSA) is 71.3 Å². The quantitative estimate of drug-likeness (QED) is 0.621. The molecular formula is C20H29N5O2S2. The van der Waals surface area contributed by atoms with Gasteiger partial charge in [-0.25, -0.2) is 12.7 Å². The van der Waals surface area contributed by atoms with Crippen LogP contribution in [0.4, 0.5) is 5.95 Å². The normalized spacial score (nSPS) is 18.6. The number of benzene rings is 1. The summed E-state index contributed by atoms with van der Waals surface area (Å²) in [6.07, 6.45) is 4.76. The first-order valence-electron chi connectivity index (χ1n) is 10.2. The Labute approximate surface area is 177 Å². The van der Waals surface area contributed by atoms with E-state index in [0.717, 1.165) is 35.7 Å². The van der Waals surface area contributed by atoms with Gasteiger partial charge in [-0.2, -0.15) is 0 Å². The summed E-state index contributed by atoms with van der Waals surface area (Å²) in [5.74, 6) is 2.45. The Bertz CT molecular complexity index is 961. The molecule has 0 spiro atoms. The van der Waals surface area contributed by atoms with Crippen LogP contribution >= 0.6 is 11.8 Å². The van der Waals surface area contributed by atoms with Crippen LogP contribution in [0.2, 0.25) is 0 Å². The van der Waals surface area contributed by atoms with Crippen molar-refractivity contribution in [3.63, 3.8) is 0 Å². The maximum Gasteiger partial charge on any atom is 0.242 e. The Morgan fingerprint density at radius 3 is 2.52 bits per heavy atom. The van der Waals surface area contributed by atoms with E-state index in [2.05, 4.69) is 26.6 Å². The first-order chi connectivity index (χ1) is 13.9. The molecular weight excluding hydrogens is 406 g/mol. The summed E-state index contributed by atoms with van der Waals surface area (Å²) >= 11 is 1.64. The summed E-state index contributed by atoms with van der Waals surface area (Å²) in [5, 5.41) is 9.96. The van der Waals surface area contributed by atoms with Gasteiger partial charge in [0.1, 0.15) is 0 Å². The van der Waals surface area contributed by atoms with Crippen molar-refractivity contribution < 1.29 is 8.42 Å². The number of hydrogen-bond donors (Lipinski definition) is 0. The average molecular weight is 436 g/mol. The molecule has 1 saturated heterocycles. The highest BCUT2D eigenvalue weighted by Gasteiger charge is 2.32. The highest BCUT2D eigenvalue weighted by Crippen LogP contribution is 2.42. The number of anilines is 1. The highest BCUT2D eigenvalue weighted by molar-refractivity contribution is 7.98. The fraction of sp³-hybridized carbons (Fsp3) is 0.600. The van der Waals surface area contributed by atoms with Crippen LogP contribution in [0, 0.1) is 5.92 Å². The van der Waals surface area contributed by atoms with E-state index in [-0.39, 0.29) is 0 Å². The second kappa shape index (κ2) is 8.28. The highest BCUT2D eigenvalue weighted by atomic mass is 32.2. The van der Waals surface area contributed by atoms with Crippen molar-refractivity contribution in [3.8, 4) is 0 Å². The molecule has 1 saturated carbocycles. The lowest BCUT2D eigenvalue weighted by atomic mass is 10.00. The zero-order valence-corrected chi connectivity index (χ0v) is 18.9. The SMILES string of the molecule is CC1CCN(c2nnc(SCc3cccc(S(=O)(=O)N(C)C)c3)n2C2CC2)CC1. The fourth-order valence-corrected chi connectivity index (χ4v) is 5.51. The van der Waals surface area contributed by atoms with Crippen molar-refractivity contribution in [2.75, 3.05) is 32.1 Å². The van der Waals surface area contributed by atoms with Gasteiger partial charge in [0.2, 0.25) is 16.0 Å². The van der Waals surface area contributed by atoms with E-state index >= 15 is 0 Å². The van der Waals surface area contributed by atoms with Crippen molar-refractivity contribution >= 4 is 27.7 Å². The molecule has 0 N–H and O–H groups in total. The number of sulfonamides is 1. The molecule has 0 amide bonds. The Morgan fingerprint density at radius 2 is 1.86 bits per heavy atom. The number of hydrogen-bond acceptors (Lipinski definition) is 6. The van der Waals surface area contributed by atoms with E-state index in [9.17, 15) is 8.42 Å². The summed E-state index contributed by atoms with van der Waals surface area (Å²) in [6, 6.07) is 7.67. The average Bonchev–Trinajstić information content (AvgIpc) is 3.46. The number of rotatable bonds is 7. The second-order valence-electron chi connectivity index (χ2n) is 8.28. The van der Waals surface area contributed by atoms with Gasteiger partial charge in [-0.1, -0.05) is 30.8 Å². The summed E-state index contributed by atoms with van der Waals surface area (Å²) in [5.41, 5.74) is 0.969. The first-order valence-corrected chi connectivity index (χ1v) is 12.6. The maximum atomic E-state index is 12.4. The van der Waals surface area contributed by atoms with Crippen LogP contribution in [-0.2, 0) is 15.8 Å². The molecule has 2 heterocycles. The van der Waals surface area contributed by atoms with E-state index < -0.39 is 10.0 Å². The maximum absolute atomic E-state index is 12.4. The van der Waals surface area contributed by atoms with Crippen LogP contribution in [-0.4, -0.2) is 54.7 Å². The minimum atomic E-state index is -3.42. The Kier molecular flexibility index (Phi) is 5.90. The molecule has 9 heteroatoms. The number of piperidine rings is 1. The molecule has 2 aliphatic rings. The summed E-state index contributed by atoms with van der Waals surface area (Å²) in [4.78, 5) is 2.70. The van der Waals surface area contributed by atoms with Gasteiger partial charge in [0.15, 0.2) is 5.16 Å². The molecule has 0 unspecified atom stereocenters. The molecule has 1 aromatic carbocycles. The molecule has 0 atom stereocenters. The van der Waals surface area contributed by atoms with Crippen molar-refractivity contribution in [2.24, 2.45) is 5.92 Å². The first kappa shape index (κ1) is 20.7. The van der Waals surface area contributed by atoms with E-state index in [4.69, 9.17) is 0 Å². The summed E-state index contributed by atoms with van der Waals surface area (Å²) in [7, 11) is -0.318. The monoisotopic (exact) mass is 435 g/mol. The van der Waals surface area contributed by atoms with Crippen molar-refractivity contribution in [3.05, 3.63) is 29.8 Å². The molecule has 2 aromatic rings. The van der Waals surface area contributed by atoms with Gasteiger partial charge in [-0.15, -0.1) is 10.2 Å². The molecule has 158 valence electrons. The van der Waals surface area contributed by atoms with Gasteiger partial charge in [0, 0.05) is 39.0 Å². The van der Waals surface area contributed by atoms with E-state index in [1.54, 1.807) is 44.1 Å². The van der Waals surface area contributed by atoms with Crippen molar-refractivity contribution in [1.82, 2.24) is 19.1 Å². The van der Waals surface area contributed by atoms with Crippen LogP contribution in [0.15, 0.2) is 34.3 Å². The standard InChI is InChI=1S/C20H29N5O2S2/c1-15-9-11-24(12-10-15)19-21-22-20(25(19)17-7-8-17)28-14-16-5-4-6-18(13-16)29(26,27)23(2)3/h4-6,13,15,17H,7-12,14H2,1-3H3. The third-order valence-electron chi connectivity index (χ3n) is 5.67. The Hall–Kier alpha value is -1.58. The minimum absolute atomic E-state index is 0.326. The largest absolute Gasteiger partial charge is 0.341 e. The Morgan fingerprint density at radius 1 is 1.14 bits per heavy atom. The van der Waals surface area contributed by atoms with Gasteiger partial charge < -0.3 is 4.90 Å². The van der Waals surface area contributed by atoms with Crippen LogP contribution in [0.5, 0.6) is 0 Å². The Balaban J connectivity index is 1.51. The lowest BCUT2D eigenvalue weighted by molar-refractivity contribution is 0.429. The summed E-state index contributed by atoms with van der Waals surface area (Å²) < 4.78 is 28.3. The van der Waals surface area contributed by atoms with Crippen LogP contribution in [0.1, 0.15) is 44.2 Å². The van der Waals surface area contributed by atoms with E-state index in [1.807, 2.05) is 6.07 Å². The molecule has 4 rings (SSSR count). The number of aromatic nitrogens is 3. The van der Waals surface area contributed by atoms with Crippen molar-refractivity contribution in [1.29, 1.82) is 0 Å². The minimum Gasteiger partial charge on any atom is -0.341 e. The molecule has 1 aliphatic heterocycles. The molecule has 1 aliphatic carbocycles. The van der Waals surface area contributed by atoms with E-state index in [1.165, 1.54) is 30.0 Å². The van der Waals surface area contributed by atoms with Gasteiger partial charge in [-0.3, -0.25) is 4.57 Å². The zero-order valence-electron chi connectivity index (χ0n) is 17.3. The van der Waals surface area contributed by atoms with Crippen LogP contribution < -0.4 is 4.90 Å². The third-order valence-corrected chi connectivity index (χ3v) is 8.50. The predicted octanol–water partition coefficient (Wildman–Crippen LogP) is 3.39. The molecule has 1 aromatic heterocycles. The third kappa shape index (κ3) is 4.46. The van der Waals surface area contributed by atoms with Crippen LogP contribution in [0.3, 0.4) is 0 Å². The van der Waals surface area contributed by atoms with Gasteiger partial charge >= 0.3 is 0 Å². The molecule has 2 fully saturated rings. The fourth-order valence-electron chi connectivity index (χ4n) is 3.60. The second-order valence-corrected chi connectivity index (χ2v) is 11.4. The van der Waals surface area contributed by atoms with Gasteiger partial charge in [-0.05, 0) is 49.3 Å². The smallest absolute Gasteiger partial charge is 0.242 e. The number of thioether (sulfide) groups is 1. The zero-order chi connectivity index (χ0) is 20.6. The predicted molar refractivity (Wildman–Crippen MR) is 116 cm³/mol. The lowest BCUT2D eigenvalue weighted by Gasteiger charge is -2.31. The molecule has 7 nitrogen and oxygen atoms in total. The van der Waals surface area contributed by atoms with Gasteiger partial charge in [0.05, 0.1) is 4.90 Å². The van der Waals surface area contributed by atoms with Gasteiger partial charge in [0.25, 0.3) is 0 Å². The molecule has 0 bridgehead atoms. The molecule has 0 radical (unpaired) electrons.